The van der Waals surface area contributed by atoms with Gasteiger partial charge in [-0.25, -0.2) is 21.9 Å². The Morgan fingerprint density at radius 3 is 2.17 bits per heavy atom. The van der Waals surface area contributed by atoms with Gasteiger partial charge in [0.1, 0.15) is 17.2 Å². The van der Waals surface area contributed by atoms with E-state index in [4.69, 9.17) is 0 Å². The predicted octanol–water partition coefficient (Wildman–Crippen LogP) is 2.91. The van der Waals surface area contributed by atoms with Crippen molar-refractivity contribution in [1.82, 2.24) is 4.72 Å². The number of anilines is 1. The second-order valence-corrected chi connectivity index (χ2v) is 6.74. The molecule has 0 aromatic heterocycles. The lowest BCUT2D eigenvalue weighted by Crippen LogP contribution is -2.24. The van der Waals surface area contributed by atoms with Crippen LogP contribution in [-0.4, -0.2) is 20.9 Å². The molecule has 0 bridgehead atoms. The van der Waals surface area contributed by atoms with E-state index in [1.807, 2.05) is 6.92 Å². The molecule has 0 aliphatic heterocycles. The van der Waals surface area contributed by atoms with E-state index in [0.29, 0.717) is 13.0 Å². The summed E-state index contributed by atoms with van der Waals surface area (Å²) in [6.45, 7) is 2.15. The lowest BCUT2D eigenvalue weighted by atomic mass is 10.2. The second kappa shape index (κ2) is 7.50. The normalized spacial score (nSPS) is 11.3. The van der Waals surface area contributed by atoms with Gasteiger partial charge in [-0.2, -0.15) is 0 Å². The number of benzene rings is 2. The highest BCUT2D eigenvalue weighted by atomic mass is 32.2. The Kier molecular flexibility index (Phi) is 5.63. The van der Waals surface area contributed by atoms with Gasteiger partial charge in [-0.3, -0.25) is 4.79 Å². The molecule has 0 radical (unpaired) electrons. The number of carbonyl (C=O) groups is 1. The number of hydrogen-bond donors (Lipinski definition) is 2. The lowest BCUT2D eigenvalue weighted by Gasteiger charge is -2.09. The second-order valence-electron chi connectivity index (χ2n) is 4.97. The van der Waals surface area contributed by atoms with Crippen molar-refractivity contribution in [2.75, 3.05) is 11.9 Å². The molecule has 8 heteroatoms. The number of hydrogen-bond acceptors (Lipinski definition) is 3. The number of amides is 1. The summed E-state index contributed by atoms with van der Waals surface area (Å²) in [5.74, 6) is -2.91. The van der Waals surface area contributed by atoms with E-state index in [1.54, 1.807) is 0 Å². The van der Waals surface area contributed by atoms with E-state index in [2.05, 4.69) is 10.0 Å². The first-order valence-corrected chi connectivity index (χ1v) is 8.68. The molecule has 0 spiro atoms. The maximum atomic E-state index is 13.6. The number of halogens is 2. The fraction of sp³-hybridized carbons (Fsp3) is 0.188. The molecule has 0 aliphatic rings. The Balaban J connectivity index is 2.16. The molecule has 2 aromatic carbocycles. The van der Waals surface area contributed by atoms with Crippen LogP contribution >= 0.6 is 0 Å². The number of rotatable bonds is 6. The largest absolute Gasteiger partial charge is 0.322 e. The third-order valence-electron chi connectivity index (χ3n) is 3.15. The van der Waals surface area contributed by atoms with Crippen molar-refractivity contribution < 1.29 is 22.0 Å². The van der Waals surface area contributed by atoms with Gasteiger partial charge in [-0.1, -0.05) is 13.0 Å². The maximum absolute atomic E-state index is 13.6. The van der Waals surface area contributed by atoms with Gasteiger partial charge in [0.05, 0.1) is 4.90 Å². The van der Waals surface area contributed by atoms with Crippen molar-refractivity contribution in [2.24, 2.45) is 0 Å². The minimum atomic E-state index is -3.62. The Morgan fingerprint density at radius 2 is 1.62 bits per heavy atom. The van der Waals surface area contributed by atoms with Gasteiger partial charge in [0, 0.05) is 12.2 Å². The third-order valence-corrected chi connectivity index (χ3v) is 4.63. The van der Waals surface area contributed by atoms with Crippen LogP contribution in [0.2, 0.25) is 0 Å². The molecular weight excluding hydrogens is 338 g/mol. The molecular formula is C16H16F2N2O3S. The van der Waals surface area contributed by atoms with Crippen molar-refractivity contribution in [3.63, 3.8) is 0 Å². The van der Waals surface area contributed by atoms with Gasteiger partial charge < -0.3 is 5.32 Å². The van der Waals surface area contributed by atoms with Crippen LogP contribution in [0.5, 0.6) is 0 Å². The summed E-state index contributed by atoms with van der Waals surface area (Å²) in [6.07, 6.45) is 0.654. The van der Waals surface area contributed by atoms with Gasteiger partial charge >= 0.3 is 0 Å². The molecule has 0 unspecified atom stereocenters. The monoisotopic (exact) mass is 354 g/mol. The zero-order valence-electron chi connectivity index (χ0n) is 12.8. The maximum Gasteiger partial charge on any atom is 0.261 e. The minimum Gasteiger partial charge on any atom is -0.322 e. The molecule has 0 fully saturated rings. The SMILES string of the molecule is CCCNS(=O)(=O)c1ccc(NC(=O)c2c(F)cccc2F)cc1. The minimum absolute atomic E-state index is 0.0334. The summed E-state index contributed by atoms with van der Waals surface area (Å²) < 4.78 is 53.4. The van der Waals surface area contributed by atoms with Crippen molar-refractivity contribution in [3.8, 4) is 0 Å². The van der Waals surface area contributed by atoms with Crippen molar-refractivity contribution in [1.29, 1.82) is 0 Å². The molecule has 2 aromatic rings. The smallest absolute Gasteiger partial charge is 0.261 e. The fourth-order valence-corrected chi connectivity index (χ4v) is 3.08. The molecule has 128 valence electrons. The van der Waals surface area contributed by atoms with Crippen molar-refractivity contribution >= 4 is 21.6 Å². The highest BCUT2D eigenvalue weighted by Crippen LogP contribution is 2.17. The highest BCUT2D eigenvalue weighted by Gasteiger charge is 2.18. The van der Waals surface area contributed by atoms with Crippen LogP contribution in [0.25, 0.3) is 0 Å². The van der Waals surface area contributed by atoms with Crippen LogP contribution < -0.4 is 10.0 Å². The van der Waals surface area contributed by atoms with E-state index >= 15 is 0 Å². The van der Waals surface area contributed by atoms with Crippen LogP contribution in [0.4, 0.5) is 14.5 Å². The highest BCUT2D eigenvalue weighted by molar-refractivity contribution is 7.89. The molecule has 0 saturated heterocycles. The Morgan fingerprint density at radius 1 is 1.04 bits per heavy atom. The zero-order valence-corrected chi connectivity index (χ0v) is 13.7. The number of sulfonamides is 1. The summed E-state index contributed by atoms with van der Waals surface area (Å²) in [5.41, 5.74) is -0.476. The average molecular weight is 354 g/mol. The molecule has 0 atom stereocenters. The quantitative estimate of drug-likeness (QED) is 0.838. The summed E-state index contributed by atoms with van der Waals surface area (Å²) in [6, 6.07) is 8.40. The van der Waals surface area contributed by atoms with Gasteiger partial charge in [-0.05, 0) is 42.8 Å². The zero-order chi connectivity index (χ0) is 17.7. The summed E-state index contributed by atoms with van der Waals surface area (Å²) in [4.78, 5) is 12.0. The topological polar surface area (TPSA) is 75.3 Å². The first-order valence-electron chi connectivity index (χ1n) is 7.20. The van der Waals surface area contributed by atoms with Gasteiger partial charge in [-0.15, -0.1) is 0 Å². The third kappa shape index (κ3) is 4.15. The van der Waals surface area contributed by atoms with Gasteiger partial charge in [0.25, 0.3) is 5.91 Å². The summed E-state index contributed by atoms with van der Waals surface area (Å²) in [5, 5.41) is 2.33. The first-order chi connectivity index (χ1) is 11.3. The van der Waals surface area contributed by atoms with E-state index < -0.39 is 33.1 Å². The first kappa shape index (κ1) is 18.0. The predicted molar refractivity (Wildman–Crippen MR) is 86.2 cm³/mol. The van der Waals surface area contributed by atoms with Crippen LogP contribution in [0.1, 0.15) is 23.7 Å². The van der Waals surface area contributed by atoms with E-state index in [1.165, 1.54) is 24.3 Å². The number of carbonyl (C=O) groups excluding carboxylic acids is 1. The molecule has 24 heavy (non-hydrogen) atoms. The van der Waals surface area contributed by atoms with Crippen LogP contribution in [-0.2, 0) is 10.0 Å². The van der Waals surface area contributed by atoms with E-state index in [-0.39, 0.29) is 10.6 Å². The average Bonchev–Trinajstić information content (AvgIpc) is 2.53. The van der Waals surface area contributed by atoms with Crippen molar-refractivity contribution in [2.45, 2.75) is 18.2 Å². The molecule has 1 amide bonds. The molecule has 0 heterocycles. The Hall–Kier alpha value is -2.32. The number of nitrogens with one attached hydrogen (secondary N) is 2. The van der Waals surface area contributed by atoms with Crippen molar-refractivity contribution in [3.05, 3.63) is 59.7 Å². The van der Waals surface area contributed by atoms with Crippen LogP contribution in [0.3, 0.4) is 0 Å². The van der Waals surface area contributed by atoms with Crippen LogP contribution in [0.15, 0.2) is 47.4 Å². The van der Waals surface area contributed by atoms with Gasteiger partial charge in [0.15, 0.2) is 0 Å². The Bertz CT molecular complexity index is 817. The van der Waals surface area contributed by atoms with E-state index in [0.717, 1.165) is 18.2 Å². The van der Waals surface area contributed by atoms with Gasteiger partial charge in [0.2, 0.25) is 10.0 Å². The molecule has 0 aliphatic carbocycles. The van der Waals surface area contributed by atoms with E-state index in [9.17, 15) is 22.0 Å². The lowest BCUT2D eigenvalue weighted by molar-refractivity contribution is 0.101. The summed E-state index contributed by atoms with van der Waals surface area (Å²) in [7, 11) is -3.62. The molecule has 2 rings (SSSR count). The molecule has 0 saturated carbocycles. The Labute approximate surface area is 138 Å². The van der Waals surface area contributed by atoms with Crippen LogP contribution in [0, 0.1) is 11.6 Å². The molecule has 5 nitrogen and oxygen atoms in total. The summed E-state index contributed by atoms with van der Waals surface area (Å²) >= 11 is 0. The fourth-order valence-electron chi connectivity index (χ4n) is 1.95. The standard InChI is InChI=1S/C16H16F2N2O3S/c1-2-10-19-24(22,23)12-8-6-11(7-9-12)20-16(21)15-13(17)4-3-5-14(15)18/h3-9,19H,2,10H2,1H3,(H,20,21). The molecule has 2 N–H and O–H groups in total.